The Morgan fingerprint density at radius 2 is 1.89 bits per heavy atom. The fraction of sp³-hybridized carbons (Fsp3) is 0.381. The molecule has 0 atom stereocenters. The van der Waals surface area contributed by atoms with Gasteiger partial charge < -0.3 is 15.4 Å². The fourth-order valence-electron chi connectivity index (χ4n) is 2.78. The van der Waals surface area contributed by atoms with Gasteiger partial charge in [0.2, 0.25) is 0 Å². The van der Waals surface area contributed by atoms with Gasteiger partial charge >= 0.3 is 0 Å². The SMILES string of the molecule is CCNC(=NCc1ccc(S(C)(=O)=O)c(C)c1)NCCOc1cccc(C)c1. The average molecular weight is 404 g/mol. The molecule has 2 N–H and O–H groups in total. The average Bonchev–Trinajstić information content (AvgIpc) is 2.62. The number of aryl methyl sites for hydroxylation is 2. The molecule has 0 aliphatic rings. The van der Waals surface area contributed by atoms with E-state index in [2.05, 4.69) is 15.6 Å². The van der Waals surface area contributed by atoms with Crippen LogP contribution in [0.2, 0.25) is 0 Å². The quantitative estimate of drug-likeness (QED) is 0.402. The summed E-state index contributed by atoms with van der Waals surface area (Å²) in [5.74, 6) is 1.55. The number of nitrogens with one attached hydrogen (secondary N) is 2. The number of guanidine groups is 1. The van der Waals surface area contributed by atoms with Gasteiger partial charge in [-0.1, -0.05) is 24.3 Å². The van der Waals surface area contributed by atoms with Gasteiger partial charge in [0.25, 0.3) is 0 Å². The summed E-state index contributed by atoms with van der Waals surface area (Å²) in [7, 11) is -3.21. The Bertz CT molecular complexity index is 924. The van der Waals surface area contributed by atoms with Crippen LogP contribution in [-0.4, -0.2) is 40.3 Å². The topological polar surface area (TPSA) is 79.8 Å². The molecule has 0 saturated carbocycles. The van der Waals surface area contributed by atoms with Gasteiger partial charge in [0.05, 0.1) is 18.0 Å². The van der Waals surface area contributed by atoms with Gasteiger partial charge in [-0.05, 0) is 55.7 Å². The summed E-state index contributed by atoms with van der Waals surface area (Å²) < 4.78 is 29.2. The molecule has 152 valence electrons. The number of hydrogen-bond acceptors (Lipinski definition) is 4. The van der Waals surface area contributed by atoms with Crippen molar-refractivity contribution in [3.63, 3.8) is 0 Å². The van der Waals surface area contributed by atoms with Gasteiger partial charge in [-0.25, -0.2) is 13.4 Å². The Morgan fingerprint density at radius 1 is 1.11 bits per heavy atom. The van der Waals surface area contributed by atoms with Crippen molar-refractivity contribution in [3.05, 3.63) is 59.2 Å². The molecule has 2 rings (SSSR count). The number of rotatable bonds is 8. The summed E-state index contributed by atoms with van der Waals surface area (Å²) in [5, 5.41) is 6.44. The van der Waals surface area contributed by atoms with E-state index in [9.17, 15) is 8.42 Å². The molecule has 0 aromatic heterocycles. The van der Waals surface area contributed by atoms with Crippen molar-refractivity contribution >= 4 is 15.8 Å². The summed E-state index contributed by atoms with van der Waals surface area (Å²) in [5.41, 5.74) is 2.86. The van der Waals surface area contributed by atoms with E-state index in [-0.39, 0.29) is 0 Å². The Kier molecular flexibility index (Phi) is 7.87. The summed E-state index contributed by atoms with van der Waals surface area (Å²) in [6.45, 7) is 8.18. The molecule has 0 aliphatic carbocycles. The highest BCUT2D eigenvalue weighted by atomic mass is 32.2. The predicted molar refractivity (Wildman–Crippen MR) is 114 cm³/mol. The van der Waals surface area contributed by atoms with Crippen LogP contribution in [0, 0.1) is 13.8 Å². The lowest BCUT2D eigenvalue weighted by atomic mass is 10.1. The van der Waals surface area contributed by atoms with E-state index in [0.717, 1.165) is 29.0 Å². The van der Waals surface area contributed by atoms with Crippen molar-refractivity contribution in [2.45, 2.75) is 32.2 Å². The molecule has 7 heteroatoms. The maximum atomic E-state index is 11.7. The molecule has 0 aliphatic heterocycles. The van der Waals surface area contributed by atoms with Crippen LogP contribution in [0.3, 0.4) is 0 Å². The number of sulfone groups is 1. The van der Waals surface area contributed by atoms with Gasteiger partial charge in [-0.2, -0.15) is 0 Å². The third-order valence-electron chi connectivity index (χ3n) is 4.06. The molecule has 0 bridgehead atoms. The molecule has 6 nitrogen and oxygen atoms in total. The van der Waals surface area contributed by atoms with Crippen LogP contribution in [0.4, 0.5) is 0 Å². The van der Waals surface area contributed by atoms with Crippen LogP contribution in [0.1, 0.15) is 23.6 Å². The van der Waals surface area contributed by atoms with Crippen LogP contribution in [-0.2, 0) is 16.4 Å². The molecule has 2 aromatic rings. The first kappa shape index (κ1) is 21.8. The second-order valence-electron chi connectivity index (χ2n) is 6.66. The first-order valence-corrected chi connectivity index (χ1v) is 11.2. The number of benzene rings is 2. The van der Waals surface area contributed by atoms with E-state index in [1.54, 1.807) is 19.1 Å². The van der Waals surface area contributed by atoms with Crippen molar-refractivity contribution in [1.82, 2.24) is 10.6 Å². The Morgan fingerprint density at radius 3 is 2.54 bits per heavy atom. The van der Waals surface area contributed by atoms with E-state index in [0.29, 0.717) is 30.6 Å². The van der Waals surface area contributed by atoms with Gasteiger partial charge in [0.15, 0.2) is 15.8 Å². The van der Waals surface area contributed by atoms with Crippen molar-refractivity contribution < 1.29 is 13.2 Å². The lowest BCUT2D eigenvalue weighted by Crippen LogP contribution is -2.39. The molecule has 0 fully saturated rings. The Labute approximate surface area is 168 Å². The Hall–Kier alpha value is -2.54. The minimum atomic E-state index is -3.21. The maximum Gasteiger partial charge on any atom is 0.191 e. The minimum absolute atomic E-state index is 0.360. The highest BCUT2D eigenvalue weighted by Crippen LogP contribution is 2.17. The smallest absolute Gasteiger partial charge is 0.191 e. The molecular formula is C21H29N3O3S. The van der Waals surface area contributed by atoms with E-state index < -0.39 is 9.84 Å². The van der Waals surface area contributed by atoms with Crippen molar-refractivity contribution in [2.75, 3.05) is 26.0 Å². The van der Waals surface area contributed by atoms with Crippen molar-refractivity contribution in [3.8, 4) is 5.75 Å². The third kappa shape index (κ3) is 6.88. The van der Waals surface area contributed by atoms with Gasteiger partial charge in [-0.3, -0.25) is 0 Å². The minimum Gasteiger partial charge on any atom is -0.492 e. The standard InChI is InChI=1S/C21H29N3O3S/c1-5-22-21(23-11-12-27-19-8-6-7-16(2)13-19)24-15-18-9-10-20(17(3)14-18)28(4,25)26/h6-10,13-14H,5,11-12,15H2,1-4H3,(H2,22,23,24). The number of nitrogens with zero attached hydrogens (tertiary/aromatic N) is 1. The zero-order valence-electron chi connectivity index (χ0n) is 17.0. The first-order chi connectivity index (χ1) is 13.3. The van der Waals surface area contributed by atoms with Crippen molar-refractivity contribution in [2.24, 2.45) is 4.99 Å². The van der Waals surface area contributed by atoms with E-state index in [1.165, 1.54) is 6.26 Å². The lowest BCUT2D eigenvalue weighted by Gasteiger charge is -2.12. The molecule has 0 radical (unpaired) electrons. The van der Waals surface area contributed by atoms with Crippen molar-refractivity contribution in [1.29, 1.82) is 0 Å². The van der Waals surface area contributed by atoms with Gasteiger partial charge in [0.1, 0.15) is 12.4 Å². The Balaban J connectivity index is 1.92. The molecule has 0 unspecified atom stereocenters. The molecule has 0 heterocycles. The van der Waals surface area contributed by atoms with Crippen LogP contribution in [0.5, 0.6) is 5.75 Å². The second kappa shape index (κ2) is 10.1. The highest BCUT2D eigenvalue weighted by Gasteiger charge is 2.10. The fourth-order valence-corrected chi connectivity index (χ4v) is 3.74. The normalized spacial score (nSPS) is 11.9. The summed E-state index contributed by atoms with van der Waals surface area (Å²) in [4.78, 5) is 4.92. The summed E-state index contributed by atoms with van der Waals surface area (Å²) in [6, 6.07) is 13.3. The molecule has 0 saturated heterocycles. The number of ether oxygens (including phenoxy) is 1. The highest BCUT2D eigenvalue weighted by molar-refractivity contribution is 7.90. The van der Waals surface area contributed by atoms with Crippen LogP contribution in [0.15, 0.2) is 52.4 Å². The van der Waals surface area contributed by atoms with E-state index in [4.69, 9.17) is 4.74 Å². The molecule has 2 aromatic carbocycles. The molecular weight excluding hydrogens is 374 g/mol. The zero-order chi connectivity index (χ0) is 20.6. The monoisotopic (exact) mass is 403 g/mol. The number of aliphatic imine (C=N–C) groups is 1. The zero-order valence-corrected chi connectivity index (χ0v) is 17.8. The van der Waals surface area contributed by atoms with Gasteiger partial charge in [0, 0.05) is 12.8 Å². The van der Waals surface area contributed by atoms with Crippen LogP contribution in [0.25, 0.3) is 0 Å². The predicted octanol–water partition coefficient (Wildman–Crippen LogP) is 2.84. The summed E-state index contributed by atoms with van der Waals surface area (Å²) >= 11 is 0. The second-order valence-corrected chi connectivity index (χ2v) is 8.64. The van der Waals surface area contributed by atoms with E-state index in [1.807, 2.05) is 44.2 Å². The van der Waals surface area contributed by atoms with E-state index >= 15 is 0 Å². The molecule has 28 heavy (non-hydrogen) atoms. The number of hydrogen-bond donors (Lipinski definition) is 2. The largest absolute Gasteiger partial charge is 0.492 e. The first-order valence-electron chi connectivity index (χ1n) is 9.31. The van der Waals surface area contributed by atoms with Crippen LogP contribution >= 0.6 is 0 Å². The van der Waals surface area contributed by atoms with Crippen LogP contribution < -0.4 is 15.4 Å². The summed E-state index contributed by atoms with van der Waals surface area (Å²) in [6.07, 6.45) is 1.22. The lowest BCUT2D eigenvalue weighted by molar-refractivity contribution is 0.321. The maximum absolute atomic E-state index is 11.7. The molecule has 0 spiro atoms. The molecule has 0 amide bonds. The third-order valence-corrected chi connectivity index (χ3v) is 5.31. The van der Waals surface area contributed by atoms with Gasteiger partial charge in [-0.15, -0.1) is 0 Å².